The van der Waals surface area contributed by atoms with Gasteiger partial charge >= 0.3 is 11.7 Å². The summed E-state index contributed by atoms with van der Waals surface area (Å²) < 4.78 is 6.92. The lowest BCUT2D eigenvalue weighted by molar-refractivity contribution is -0.385. The van der Waals surface area contributed by atoms with Crippen molar-refractivity contribution >= 4 is 44.7 Å². The zero-order valence-electron chi connectivity index (χ0n) is 15.6. The number of aromatic nitrogens is 2. The lowest BCUT2D eigenvalue weighted by atomic mass is 10.2. The Bertz CT molecular complexity index is 1240. The molecule has 3 aromatic rings. The van der Waals surface area contributed by atoms with E-state index in [1.54, 1.807) is 18.2 Å². The Balaban J connectivity index is 2.14. The first-order valence-electron chi connectivity index (χ1n) is 8.69. The molecular formula is C19H15BrN4O6. The van der Waals surface area contributed by atoms with Crippen molar-refractivity contribution in [1.29, 1.82) is 0 Å². The number of carboxylic acids is 1. The van der Waals surface area contributed by atoms with Crippen molar-refractivity contribution in [2.45, 2.75) is 13.3 Å². The van der Waals surface area contributed by atoms with Crippen molar-refractivity contribution in [3.8, 4) is 5.75 Å². The molecule has 1 N–H and O–H groups in total. The van der Waals surface area contributed by atoms with E-state index in [4.69, 9.17) is 9.84 Å². The zero-order valence-corrected chi connectivity index (χ0v) is 17.2. The Morgan fingerprint density at radius 3 is 2.83 bits per heavy atom. The second-order valence-corrected chi connectivity index (χ2v) is 6.96. The topological polar surface area (TPSA) is 137 Å². The Labute approximate surface area is 177 Å². The second-order valence-electron chi connectivity index (χ2n) is 6.04. The number of hydrogen-bond donors (Lipinski definition) is 1. The fourth-order valence-electron chi connectivity index (χ4n) is 2.74. The number of halogens is 1. The number of nitrogens with zero attached hydrogens (tertiary/aromatic N) is 4. The summed E-state index contributed by atoms with van der Waals surface area (Å²) in [6, 6.07) is 9.18. The van der Waals surface area contributed by atoms with Gasteiger partial charge in [0.2, 0.25) is 5.75 Å². The van der Waals surface area contributed by atoms with Crippen LogP contribution in [0.4, 0.5) is 5.69 Å². The van der Waals surface area contributed by atoms with Gasteiger partial charge in [-0.25, -0.2) is 9.78 Å². The molecule has 0 aliphatic carbocycles. The van der Waals surface area contributed by atoms with Gasteiger partial charge in [-0.2, -0.15) is 9.78 Å². The predicted molar refractivity (Wildman–Crippen MR) is 112 cm³/mol. The van der Waals surface area contributed by atoms with Crippen LogP contribution in [0, 0.1) is 10.1 Å². The molecule has 0 radical (unpaired) electrons. The van der Waals surface area contributed by atoms with E-state index in [-0.39, 0.29) is 11.3 Å². The van der Waals surface area contributed by atoms with Crippen molar-refractivity contribution in [2.24, 2.45) is 5.10 Å². The number of benzene rings is 2. The van der Waals surface area contributed by atoms with Gasteiger partial charge in [0.1, 0.15) is 5.82 Å². The van der Waals surface area contributed by atoms with E-state index in [1.807, 2.05) is 6.92 Å². The van der Waals surface area contributed by atoms with Crippen LogP contribution in [0.25, 0.3) is 10.9 Å². The second kappa shape index (κ2) is 8.82. The molecule has 0 spiro atoms. The van der Waals surface area contributed by atoms with Crippen molar-refractivity contribution in [2.75, 3.05) is 6.61 Å². The summed E-state index contributed by atoms with van der Waals surface area (Å²) in [6.07, 6.45) is 1.62. The fourth-order valence-corrected chi connectivity index (χ4v) is 3.10. The highest BCUT2D eigenvalue weighted by Crippen LogP contribution is 2.30. The summed E-state index contributed by atoms with van der Waals surface area (Å²) in [6.45, 7) is 1.05. The number of carboxylic acid groups (broad SMARTS) is 1. The van der Waals surface area contributed by atoms with Crippen molar-refractivity contribution in [3.05, 3.63) is 72.7 Å². The minimum absolute atomic E-state index is 0.147. The molecule has 0 saturated carbocycles. The number of ether oxygens (including phenoxy) is 1. The highest BCUT2D eigenvalue weighted by Gasteiger charge is 2.19. The van der Waals surface area contributed by atoms with Crippen molar-refractivity contribution in [1.82, 2.24) is 9.66 Å². The summed E-state index contributed by atoms with van der Waals surface area (Å²) in [5.41, 5.74) is -0.155. The molecule has 3 rings (SSSR count). The highest BCUT2D eigenvalue weighted by atomic mass is 79.9. The Kier molecular flexibility index (Phi) is 6.21. The van der Waals surface area contributed by atoms with E-state index in [0.717, 1.165) is 4.68 Å². The number of aliphatic carboxylic acids is 1. The maximum absolute atomic E-state index is 12.9. The van der Waals surface area contributed by atoms with Crippen LogP contribution < -0.4 is 10.3 Å². The van der Waals surface area contributed by atoms with E-state index in [2.05, 4.69) is 26.0 Å². The first-order valence-corrected chi connectivity index (χ1v) is 9.48. The number of para-hydroxylation sites is 1. The molecule has 11 heteroatoms. The van der Waals surface area contributed by atoms with Gasteiger partial charge in [-0.15, -0.1) is 0 Å². The molecule has 154 valence electrons. The third-order valence-electron chi connectivity index (χ3n) is 4.07. The van der Waals surface area contributed by atoms with Gasteiger partial charge in [0.15, 0.2) is 6.61 Å². The number of carbonyl (C=O) groups is 1. The molecule has 0 saturated heterocycles. The molecule has 0 aliphatic heterocycles. The van der Waals surface area contributed by atoms with Crippen LogP contribution in [0.5, 0.6) is 5.75 Å². The number of fused-ring (bicyclic) bond motifs is 1. The lowest BCUT2D eigenvalue weighted by Crippen LogP contribution is -2.22. The minimum Gasteiger partial charge on any atom is -0.479 e. The van der Waals surface area contributed by atoms with Crippen LogP contribution >= 0.6 is 15.9 Å². The maximum Gasteiger partial charge on any atom is 0.341 e. The monoisotopic (exact) mass is 474 g/mol. The van der Waals surface area contributed by atoms with Gasteiger partial charge in [-0.05, 0) is 24.3 Å². The first-order chi connectivity index (χ1) is 14.3. The molecule has 0 amide bonds. The number of nitro benzene ring substituents is 1. The number of aryl methyl sites for hydroxylation is 1. The summed E-state index contributed by atoms with van der Waals surface area (Å²) in [5.74, 6) is -1.15. The molecule has 0 fully saturated rings. The summed E-state index contributed by atoms with van der Waals surface area (Å²) in [7, 11) is 0. The summed E-state index contributed by atoms with van der Waals surface area (Å²) in [5, 5.41) is 24.6. The molecule has 0 atom stereocenters. The molecule has 2 aromatic carbocycles. The largest absolute Gasteiger partial charge is 0.479 e. The molecule has 1 heterocycles. The highest BCUT2D eigenvalue weighted by molar-refractivity contribution is 9.10. The van der Waals surface area contributed by atoms with Crippen LogP contribution in [-0.2, 0) is 11.2 Å². The van der Waals surface area contributed by atoms with E-state index in [1.165, 1.54) is 24.4 Å². The SMILES string of the molecule is CCc1nc2ccc(Br)cc2c(=O)n1N=Cc1cccc([N+](=O)[O-])c1OCC(=O)O. The first kappa shape index (κ1) is 21.1. The molecule has 30 heavy (non-hydrogen) atoms. The standard InChI is InChI=1S/C19H15BrN4O6/c1-2-16-22-14-7-6-12(20)8-13(14)19(27)23(16)21-9-11-4-3-5-15(24(28)29)18(11)30-10-17(25)26/h3-9H,2,10H2,1H3,(H,25,26). The van der Waals surface area contributed by atoms with Crippen LogP contribution in [0.3, 0.4) is 0 Å². The van der Waals surface area contributed by atoms with Crippen LogP contribution in [-0.4, -0.2) is 38.5 Å². The van der Waals surface area contributed by atoms with Gasteiger partial charge < -0.3 is 9.84 Å². The number of rotatable bonds is 7. The summed E-state index contributed by atoms with van der Waals surface area (Å²) in [4.78, 5) is 38.8. The number of hydrogen-bond acceptors (Lipinski definition) is 7. The van der Waals surface area contributed by atoms with E-state index in [0.29, 0.717) is 27.6 Å². The van der Waals surface area contributed by atoms with Crippen LogP contribution in [0.1, 0.15) is 18.3 Å². The smallest absolute Gasteiger partial charge is 0.341 e. The third-order valence-corrected chi connectivity index (χ3v) is 4.56. The summed E-state index contributed by atoms with van der Waals surface area (Å²) >= 11 is 3.32. The normalized spacial score (nSPS) is 11.1. The Morgan fingerprint density at radius 1 is 1.40 bits per heavy atom. The average Bonchev–Trinajstić information content (AvgIpc) is 2.71. The van der Waals surface area contributed by atoms with Crippen molar-refractivity contribution in [3.63, 3.8) is 0 Å². The van der Waals surface area contributed by atoms with Crippen LogP contribution in [0.15, 0.2) is 50.8 Å². The van der Waals surface area contributed by atoms with Crippen LogP contribution in [0.2, 0.25) is 0 Å². The van der Waals surface area contributed by atoms with Gasteiger partial charge in [-0.3, -0.25) is 14.9 Å². The van der Waals surface area contributed by atoms with E-state index in [9.17, 15) is 19.7 Å². The van der Waals surface area contributed by atoms with Gasteiger partial charge in [-0.1, -0.05) is 28.9 Å². The van der Waals surface area contributed by atoms with Gasteiger partial charge in [0, 0.05) is 22.5 Å². The van der Waals surface area contributed by atoms with E-state index < -0.39 is 28.7 Å². The van der Waals surface area contributed by atoms with Gasteiger partial charge in [0.05, 0.1) is 22.0 Å². The average molecular weight is 475 g/mol. The molecular weight excluding hydrogens is 460 g/mol. The quantitative estimate of drug-likeness (QED) is 0.315. The molecule has 0 aliphatic rings. The fraction of sp³-hybridized carbons (Fsp3) is 0.158. The van der Waals surface area contributed by atoms with E-state index >= 15 is 0 Å². The Morgan fingerprint density at radius 2 is 2.17 bits per heavy atom. The zero-order chi connectivity index (χ0) is 21.8. The lowest BCUT2D eigenvalue weighted by Gasteiger charge is -2.09. The minimum atomic E-state index is -1.29. The molecule has 0 bridgehead atoms. The number of nitro groups is 1. The maximum atomic E-state index is 12.9. The Hall–Kier alpha value is -3.60. The predicted octanol–water partition coefficient (Wildman–Crippen LogP) is 2.98. The third kappa shape index (κ3) is 4.35. The molecule has 0 unspecified atom stereocenters. The molecule has 10 nitrogen and oxygen atoms in total. The van der Waals surface area contributed by atoms with Crippen molar-refractivity contribution < 1.29 is 19.6 Å². The molecule has 1 aromatic heterocycles. The van der Waals surface area contributed by atoms with Gasteiger partial charge in [0.25, 0.3) is 5.56 Å².